The molecule has 3 aliphatic rings. The minimum atomic E-state index is -0.211. The van der Waals surface area contributed by atoms with Gasteiger partial charge in [0.25, 0.3) is 0 Å². The molecule has 3 atom stereocenters. The number of nitrogens with zero attached hydrogens (tertiary/aromatic N) is 3. The van der Waals surface area contributed by atoms with E-state index in [9.17, 15) is 14.7 Å². The number of hydrogen-bond acceptors (Lipinski definition) is 4. The third kappa shape index (κ3) is 3.31. The molecule has 2 aromatic rings. The van der Waals surface area contributed by atoms with Gasteiger partial charge in [0, 0.05) is 31.3 Å². The Morgan fingerprint density at radius 1 is 1.14 bits per heavy atom. The lowest BCUT2D eigenvalue weighted by Gasteiger charge is -2.58. The van der Waals surface area contributed by atoms with Crippen LogP contribution in [0, 0.1) is 5.92 Å². The van der Waals surface area contributed by atoms with Gasteiger partial charge in [0.15, 0.2) is 0 Å². The van der Waals surface area contributed by atoms with Gasteiger partial charge >= 0.3 is 0 Å². The topological polar surface area (TPSA) is 73.7 Å². The number of aromatic nitrogens is 1. The lowest BCUT2D eigenvalue weighted by Crippen LogP contribution is -2.73. The molecule has 3 heterocycles. The Balaban J connectivity index is 1.36. The largest absolute Gasteiger partial charge is 0.394 e. The summed E-state index contributed by atoms with van der Waals surface area (Å²) in [6.45, 7) is 0.640. The molecule has 29 heavy (non-hydrogen) atoms. The Bertz CT molecular complexity index is 911. The predicted molar refractivity (Wildman–Crippen MR) is 108 cm³/mol. The monoisotopic (exact) mass is 391 g/mol. The van der Waals surface area contributed by atoms with Crippen LogP contribution in [0.5, 0.6) is 0 Å². The van der Waals surface area contributed by atoms with E-state index >= 15 is 0 Å². The van der Waals surface area contributed by atoms with Crippen molar-refractivity contribution in [1.29, 1.82) is 0 Å². The lowest BCUT2D eigenvalue weighted by atomic mass is 9.73. The molecule has 1 saturated carbocycles. The molecule has 6 nitrogen and oxygen atoms in total. The van der Waals surface area contributed by atoms with E-state index in [0.29, 0.717) is 18.9 Å². The molecule has 1 N–H and O–H groups in total. The second-order valence-corrected chi connectivity index (χ2v) is 8.43. The second-order valence-electron chi connectivity index (χ2n) is 8.43. The molecule has 2 saturated heterocycles. The fraction of sp³-hybridized carbons (Fsp3) is 0.435. The number of carbonyl (C=O) groups is 2. The Kier molecular flexibility index (Phi) is 4.59. The number of carbonyl (C=O) groups excluding carboxylic acids is 2. The van der Waals surface area contributed by atoms with Crippen molar-refractivity contribution in [3.05, 3.63) is 54.4 Å². The normalized spacial score (nSPS) is 26.1. The van der Waals surface area contributed by atoms with Crippen LogP contribution in [0.25, 0.3) is 11.1 Å². The zero-order chi connectivity index (χ0) is 20.0. The first kappa shape index (κ1) is 18.3. The summed E-state index contributed by atoms with van der Waals surface area (Å²) in [5.74, 6) is 0.604. The maximum absolute atomic E-state index is 12.7. The van der Waals surface area contributed by atoms with E-state index in [1.807, 2.05) is 18.3 Å². The van der Waals surface area contributed by atoms with Crippen molar-refractivity contribution in [1.82, 2.24) is 14.8 Å². The van der Waals surface area contributed by atoms with E-state index in [0.717, 1.165) is 29.5 Å². The van der Waals surface area contributed by atoms with Crippen LogP contribution < -0.4 is 0 Å². The molecule has 0 radical (unpaired) electrons. The average Bonchev–Trinajstić information content (AvgIpc) is 3.54. The van der Waals surface area contributed by atoms with Crippen LogP contribution in [0.2, 0.25) is 0 Å². The van der Waals surface area contributed by atoms with Gasteiger partial charge in [-0.05, 0) is 41.5 Å². The summed E-state index contributed by atoms with van der Waals surface area (Å²) in [6.07, 6.45) is 6.40. The molecule has 1 aromatic heterocycles. The first-order valence-electron chi connectivity index (χ1n) is 10.4. The standard InChI is InChI=1S/C23H25N3O3/c27-14-20-23(17-7-5-16(6-8-17)18-2-1-9-24-11-18)19-12-25(13-22(29)26(19)20)21(28)10-15-3-4-15/h1-2,5-9,11,15,19-20,23,27H,3-4,10,12-14H2/t19-,20+,23-/m1/s1. The zero-order valence-corrected chi connectivity index (χ0v) is 16.3. The van der Waals surface area contributed by atoms with Crippen molar-refractivity contribution in [2.75, 3.05) is 19.7 Å². The molecular formula is C23H25N3O3. The molecule has 1 aromatic carbocycles. The van der Waals surface area contributed by atoms with Crippen LogP contribution in [0.15, 0.2) is 48.8 Å². The third-order valence-electron chi connectivity index (χ3n) is 6.56. The molecule has 5 rings (SSSR count). The molecule has 0 spiro atoms. The van der Waals surface area contributed by atoms with Crippen LogP contribution in [-0.2, 0) is 9.59 Å². The molecular weight excluding hydrogens is 366 g/mol. The van der Waals surface area contributed by atoms with Gasteiger partial charge in [-0.2, -0.15) is 0 Å². The maximum Gasteiger partial charge on any atom is 0.242 e. The fourth-order valence-electron chi connectivity index (χ4n) is 4.82. The molecule has 2 amide bonds. The highest BCUT2D eigenvalue weighted by Gasteiger charge is 2.54. The van der Waals surface area contributed by atoms with Crippen molar-refractivity contribution in [3.8, 4) is 11.1 Å². The average molecular weight is 391 g/mol. The van der Waals surface area contributed by atoms with Gasteiger partial charge in [-0.15, -0.1) is 0 Å². The van der Waals surface area contributed by atoms with Gasteiger partial charge < -0.3 is 14.9 Å². The molecule has 0 unspecified atom stereocenters. The van der Waals surface area contributed by atoms with E-state index in [4.69, 9.17) is 0 Å². The summed E-state index contributed by atoms with van der Waals surface area (Å²) in [7, 11) is 0. The van der Waals surface area contributed by atoms with Gasteiger partial charge in [0.05, 0.1) is 25.2 Å². The van der Waals surface area contributed by atoms with Crippen molar-refractivity contribution in [2.45, 2.75) is 37.3 Å². The van der Waals surface area contributed by atoms with Crippen molar-refractivity contribution >= 4 is 11.8 Å². The molecule has 0 bridgehead atoms. The van der Waals surface area contributed by atoms with Gasteiger partial charge in [-0.25, -0.2) is 0 Å². The second kappa shape index (κ2) is 7.26. The summed E-state index contributed by atoms with van der Waals surface area (Å²) in [4.78, 5) is 32.9. The predicted octanol–water partition coefficient (Wildman–Crippen LogP) is 2.05. The van der Waals surface area contributed by atoms with Crippen LogP contribution in [0.4, 0.5) is 0 Å². The molecule has 3 fully saturated rings. The lowest BCUT2D eigenvalue weighted by molar-refractivity contribution is -0.167. The van der Waals surface area contributed by atoms with Crippen LogP contribution in [0.1, 0.15) is 30.7 Å². The van der Waals surface area contributed by atoms with Crippen LogP contribution in [0.3, 0.4) is 0 Å². The summed E-state index contributed by atoms with van der Waals surface area (Å²) < 4.78 is 0. The first-order valence-corrected chi connectivity index (χ1v) is 10.4. The highest BCUT2D eigenvalue weighted by atomic mass is 16.3. The minimum Gasteiger partial charge on any atom is -0.394 e. The Morgan fingerprint density at radius 3 is 2.59 bits per heavy atom. The Morgan fingerprint density at radius 2 is 1.93 bits per heavy atom. The number of fused-ring (bicyclic) bond motifs is 1. The van der Waals surface area contributed by atoms with E-state index in [1.165, 1.54) is 0 Å². The SMILES string of the molecule is O=C(CC1CC1)N1CC(=O)N2[C@H](C1)[C@@H](c1ccc(-c3cccnc3)cc1)[C@@H]2CO. The fourth-order valence-corrected chi connectivity index (χ4v) is 4.82. The molecule has 2 aliphatic heterocycles. The van der Waals surface area contributed by atoms with E-state index in [-0.39, 0.29) is 43.0 Å². The number of piperazine rings is 1. The number of hydrogen-bond donors (Lipinski definition) is 1. The molecule has 150 valence electrons. The Hall–Kier alpha value is -2.73. The minimum absolute atomic E-state index is 0.0448. The number of pyridine rings is 1. The van der Waals surface area contributed by atoms with Crippen LogP contribution in [-0.4, -0.2) is 63.5 Å². The quantitative estimate of drug-likeness (QED) is 0.847. The van der Waals surface area contributed by atoms with Crippen molar-refractivity contribution < 1.29 is 14.7 Å². The van der Waals surface area contributed by atoms with Gasteiger partial charge in [-0.3, -0.25) is 14.6 Å². The molecule has 1 aliphatic carbocycles. The van der Waals surface area contributed by atoms with E-state index in [1.54, 1.807) is 16.0 Å². The maximum atomic E-state index is 12.7. The number of benzene rings is 1. The number of rotatable bonds is 5. The molecule has 6 heteroatoms. The first-order chi connectivity index (χ1) is 14.2. The number of amides is 2. The summed E-state index contributed by atoms with van der Waals surface area (Å²) in [5.41, 5.74) is 3.24. The van der Waals surface area contributed by atoms with Gasteiger partial charge in [0.1, 0.15) is 0 Å². The smallest absolute Gasteiger partial charge is 0.242 e. The number of aliphatic hydroxyl groups is 1. The Labute approximate surface area is 170 Å². The zero-order valence-electron chi connectivity index (χ0n) is 16.3. The summed E-state index contributed by atoms with van der Waals surface area (Å²) in [5, 5.41) is 9.93. The van der Waals surface area contributed by atoms with E-state index in [2.05, 4.69) is 29.2 Å². The summed E-state index contributed by atoms with van der Waals surface area (Å²) in [6, 6.07) is 11.9. The highest BCUT2D eigenvalue weighted by molar-refractivity contribution is 5.88. The van der Waals surface area contributed by atoms with Gasteiger partial charge in [-0.1, -0.05) is 30.3 Å². The van der Waals surface area contributed by atoms with Gasteiger partial charge in [0.2, 0.25) is 11.8 Å². The van der Waals surface area contributed by atoms with Crippen LogP contribution >= 0.6 is 0 Å². The van der Waals surface area contributed by atoms with E-state index < -0.39 is 0 Å². The summed E-state index contributed by atoms with van der Waals surface area (Å²) >= 11 is 0. The van der Waals surface area contributed by atoms with Crippen molar-refractivity contribution in [3.63, 3.8) is 0 Å². The third-order valence-corrected chi connectivity index (χ3v) is 6.56. The van der Waals surface area contributed by atoms with Crippen molar-refractivity contribution in [2.24, 2.45) is 5.92 Å². The number of aliphatic hydroxyl groups excluding tert-OH is 1. The highest BCUT2D eigenvalue weighted by Crippen LogP contribution is 2.43.